The van der Waals surface area contributed by atoms with Gasteiger partial charge in [-0.1, -0.05) is 6.07 Å². The number of anilines is 2. The summed E-state index contributed by atoms with van der Waals surface area (Å²) in [5, 5.41) is 8.34. The molecule has 0 unspecified atom stereocenters. The maximum Gasteiger partial charge on any atom is 0.319 e. The number of carbonyl (C=O) groups is 2. The molecule has 1 aromatic heterocycles. The van der Waals surface area contributed by atoms with Crippen molar-refractivity contribution >= 4 is 23.3 Å². The Morgan fingerprint density at radius 3 is 2.30 bits per heavy atom. The molecule has 144 valence electrons. The van der Waals surface area contributed by atoms with Gasteiger partial charge in [0, 0.05) is 22.8 Å². The number of urea groups is 1. The summed E-state index contributed by atoms with van der Waals surface area (Å²) >= 11 is 0. The molecular formula is C19H26N6O2. The lowest BCUT2D eigenvalue weighted by atomic mass is 10.1. The Morgan fingerprint density at radius 1 is 1.00 bits per heavy atom. The summed E-state index contributed by atoms with van der Waals surface area (Å²) in [6.45, 7) is 6.18. The Morgan fingerprint density at radius 2 is 1.67 bits per heavy atom. The maximum absolute atomic E-state index is 12.1. The molecule has 2 aromatic rings. The van der Waals surface area contributed by atoms with Crippen LogP contribution in [0.4, 0.5) is 16.2 Å². The summed E-state index contributed by atoms with van der Waals surface area (Å²) in [7, 11) is 3.66. The Kier molecular flexibility index (Phi) is 6.84. The van der Waals surface area contributed by atoms with Crippen molar-refractivity contribution in [1.82, 2.24) is 20.2 Å². The highest BCUT2D eigenvalue weighted by molar-refractivity contribution is 5.95. The van der Waals surface area contributed by atoms with E-state index in [1.807, 2.05) is 47.0 Å². The smallest absolute Gasteiger partial charge is 0.319 e. The van der Waals surface area contributed by atoms with Gasteiger partial charge in [0.2, 0.25) is 5.91 Å². The lowest BCUT2D eigenvalue weighted by Gasteiger charge is -2.14. The van der Waals surface area contributed by atoms with Gasteiger partial charge in [-0.05, 0) is 58.6 Å². The van der Waals surface area contributed by atoms with Gasteiger partial charge in [-0.3, -0.25) is 4.79 Å². The summed E-state index contributed by atoms with van der Waals surface area (Å²) in [6.07, 6.45) is 0. The summed E-state index contributed by atoms with van der Waals surface area (Å²) in [4.78, 5) is 34.5. The first kappa shape index (κ1) is 20.3. The van der Waals surface area contributed by atoms with Crippen LogP contribution in [0.3, 0.4) is 0 Å². The Balaban J connectivity index is 1.96. The van der Waals surface area contributed by atoms with E-state index >= 15 is 0 Å². The second-order valence-electron chi connectivity index (χ2n) is 6.69. The van der Waals surface area contributed by atoms with Crippen LogP contribution in [0.1, 0.15) is 22.8 Å². The molecule has 8 heteroatoms. The number of aromatic nitrogens is 2. The predicted molar refractivity (Wildman–Crippen MR) is 106 cm³/mol. The SMILES string of the molecule is Cc1cc(C)nc(CNC(=O)Nc2ccc(C)c(NC(=O)CN(C)C)c2)n1. The van der Waals surface area contributed by atoms with Crippen LogP contribution >= 0.6 is 0 Å². The lowest BCUT2D eigenvalue weighted by Crippen LogP contribution is -2.29. The van der Waals surface area contributed by atoms with Crippen LogP contribution in [0, 0.1) is 20.8 Å². The van der Waals surface area contributed by atoms with E-state index in [4.69, 9.17) is 0 Å². The molecule has 0 radical (unpaired) electrons. The Labute approximate surface area is 159 Å². The van der Waals surface area contributed by atoms with Gasteiger partial charge >= 0.3 is 6.03 Å². The highest BCUT2D eigenvalue weighted by Crippen LogP contribution is 2.20. The Bertz CT molecular complexity index is 815. The molecule has 0 aliphatic heterocycles. The van der Waals surface area contributed by atoms with Crippen molar-refractivity contribution in [3.63, 3.8) is 0 Å². The maximum atomic E-state index is 12.1. The summed E-state index contributed by atoms with van der Waals surface area (Å²) in [5.41, 5.74) is 3.88. The van der Waals surface area contributed by atoms with Crippen molar-refractivity contribution < 1.29 is 9.59 Å². The van der Waals surface area contributed by atoms with E-state index in [-0.39, 0.29) is 25.0 Å². The largest absolute Gasteiger partial charge is 0.331 e. The minimum atomic E-state index is -0.368. The van der Waals surface area contributed by atoms with Gasteiger partial charge in [-0.2, -0.15) is 0 Å². The number of nitrogens with zero attached hydrogens (tertiary/aromatic N) is 3. The predicted octanol–water partition coefficient (Wildman–Crippen LogP) is 2.22. The van der Waals surface area contributed by atoms with Gasteiger partial charge in [0.1, 0.15) is 5.82 Å². The lowest BCUT2D eigenvalue weighted by molar-refractivity contribution is -0.116. The molecule has 3 amide bonds. The zero-order chi connectivity index (χ0) is 20.0. The normalized spacial score (nSPS) is 10.6. The molecular weight excluding hydrogens is 344 g/mol. The quantitative estimate of drug-likeness (QED) is 0.724. The number of amides is 3. The summed E-state index contributed by atoms with van der Waals surface area (Å²) < 4.78 is 0. The first-order chi connectivity index (χ1) is 12.7. The van der Waals surface area contributed by atoms with E-state index in [1.54, 1.807) is 17.0 Å². The van der Waals surface area contributed by atoms with Crippen molar-refractivity contribution in [1.29, 1.82) is 0 Å². The van der Waals surface area contributed by atoms with Crippen molar-refractivity contribution in [3.8, 4) is 0 Å². The van der Waals surface area contributed by atoms with Crippen molar-refractivity contribution in [2.45, 2.75) is 27.3 Å². The van der Waals surface area contributed by atoms with Crippen LogP contribution < -0.4 is 16.0 Å². The number of hydrogen-bond acceptors (Lipinski definition) is 5. The number of rotatable bonds is 6. The summed E-state index contributed by atoms with van der Waals surface area (Å²) in [5.74, 6) is 0.444. The average Bonchev–Trinajstić information content (AvgIpc) is 2.54. The molecule has 0 fully saturated rings. The number of hydrogen-bond donors (Lipinski definition) is 3. The number of likely N-dealkylation sites (N-methyl/N-ethyl adjacent to an activating group) is 1. The number of benzene rings is 1. The Hall–Kier alpha value is -3.00. The number of carbonyl (C=O) groups excluding carboxylic acids is 2. The fraction of sp³-hybridized carbons (Fsp3) is 0.368. The van der Waals surface area contributed by atoms with Crippen molar-refractivity contribution in [2.24, 2.45) is 0 Å². The second-order valence-corrected chi connectivity index (χ2v) is 6.69. The molecule has 0 aliphatic rings. The first-order valence-corrected chi connectivity index (χ1v) is 8.64. The molecule has 8 nitrogen and oxygen atoms in total. The molecule has 1 heterocycles. The van der Waals surface area contributed by atoms with Gasteiger partial charge in [0.15, 0.2) is 0 Å². The fourth-order valence-corrected chi connectivity index (χ4v) is 2.52. The highest BCUT2D eigenvalue weighted by Gasteiger charge is 2.09. The minimum Gasteiger partial charge on any atom is -0.331 e. The van der Waals surface area contributed by atoms with Crippen LogP contribution in [0.25, 0.3) is 0 Å². The van der Waals surface area contributed by atoms with E-state index < -0.39 is 0 Å². The van der Waals surface area contributed by atoms with E-state index in [0.717, 1.165) is 17.0 Å². The molecule has 27 heavy (non-hydrogen) atoms. The van der Waals surface area contributed by atoms with Gasteiger partial charge in [0.25, 0.3) is 0 Å². The summed E-state index contributed by atoms with van der Waals surface area (Å²) in [6, 6.07) is 6.86. The molecule has 0 saturated heterocycles. The van der Waals surface area contributed by atoms with Crippen LogP contribution in [-0.4, -0.2) is 47.4 Å². The van der Waals surface area contributed by atoms with Crippen LogP contribution in [0.2, 0.25) is 0 Å². The molecule has 0 bridgehead atoms. The van der Waals surface area contributed by atoms with Gasteiger partial charge in [0.05, 0.1) is 13.1 Å². The second kappa shape index (κ2) is 9.09. The number of nitrogens with one attached hydrogen (secondary N) is 3. The van der Waals surface area contributed by atoms with E-state index in [0.29, 0.717) is 17.2 Å². The molecule has 0 atom stereocenters. The van der Waals surface area contributed by atoms with E-state index in [1.165, 1.54) is 0 Å². The van der Waals surface area contributed by atoms with Crippen molar-refractivity contribution in [2.75, 3.05) is 31.3 Å². The molecule has 0 saturated carbocycles. The number of aryl methyl sites for hydroxylation is 3. The van der Waals surface area contributed by atoms with Crippen molar-refractivity contribution in [3.05, 3.63) is 47.0 Å². The van der Waals surface area contributed by atoms with Gasteiger partial charge < -0.3 is 20.9 Å². The zero-order valence-electron chi connectivity index (χ0n) is 16.4. The van der Waals surface area contributed by atoms with Crippen LogP contribution in [-0.2, 0) is 11.3 Å². The topological polar surface area (TPSA) is 99.2 Å². The minimum absolute atomic E-state index is 0.114. The fourth-order valence-electron chi connectivity index (χ4n) is 2.52. The van der Waals surface area contributed by atoms with E-state index in [9.17, 15) is 9.59 Å². The molecule has 0 aliphatic carbocycles. The third kappa shape index (κ3) is 6.67. The zero-order valence-corrected chi connectivity index (χ0v) is 16.4. The molecule has 2 rings (SSSR count). The average molecular weight is 370 g/mol. The molecule has 3 N–H and O–H groups in total. The van der Waals surface area contributed by atoms with Crippen LogP contribution in [0.15, 0.2) is 24.3 Å². The standard InChI is InChI=1S/C19H26N6O2/c1-12-6-7-15(9-16(12)24-18(26)11-25(4)5)23-19(27)20-10-17-21-13(2)8-14(3)22-17/h6-9H,10-11H2,1-5H3,(H,24,26)(H2,20,23,27). The van der Waals surface area contributed by atoms with Crippen LogP contribution in [0.5, 0.6) is 0 Å². The third-order valence-electron chi connectivity index (χ3n) is 3.67. The molecule has 0 spiro atoms. The first-order valence-electron chi connectivity index (χ1n) is 8.64. The third-order valence-corrected chi connectivity index (χ3v) is 3.67. The van der Waals surface area contributed by atoms with Gasteiger partial charge in [-0.15, -0.1) is 0 Å². The highest BCUT2D eigenvalue weighted by atomic mass is 16.2. The van der Waals surface area contributed by atoms with E-state index in [2.05, 4.69) is 25.9 Å². The monoisotopic (exact) mass is 370 g/mol. The molecule has 1 aromatic carbocycles. The van der Waals surface area contributed by atoms with Gasteiger partial charge in [-0.25, -0.2) is 14.8 Å².